The first kappa shape index (κ1) is 22.1. The number of Topliss-reactive ketones (excluding diaryl/α,β-unsaturated/α-hetero) is 1. The number of hydrogen-bond donors (Lipinski definition) is 2. The number of rotatable bonds is 4. The van der Waals surface area contributed by atoms with Crippen LogP contribution < -0.4 is 0 Å². The molecule has 4 saturated carbocycles. The van der Waals surface area contributed by atoms with Gasteiger partial charge in [0.2, 0.25) is 0 Å². The number of ketones is 1. The highest BCUT2D eigenvalue weighted by molar-refractivity contribution is 5.85. The average Bonchev–Trinajstić information content (AvgIpc) is 3.32. The lowest BCUT2D eigenvalue weighted by Gasteiger charge is -2.61. The minimum atomic E-state index is -1.12. The van der Waals surface area contributed by atoms with Gasteiger partial charge in [-0.2, -0.15) is 9.90 Å². The summed E-state index contributed by atoms with van der Waals surface area (Å²) in [6, 6.07) is 0. The highest BCUT2D eigenvalue weighted by atomic mass is 16.4. The number of aromatic nitrogens is 3. The molecule has 4 aliphatic carbocycles. The third-order valence-electron chi connectivity index (χ3n) is 10.4. The smallest absolute Gasteiger partial charge is 0.358 e. The Kier molecular flexibility index (Phi) is 5.08. The number of aromatic carboxylic acids is 1. The van der Waals surface area contributed by atoms with Crippen molar-refractivity contribution in [1.82, 2.24) is 15.0 Å². The van der Waals surface area contributed by atoms with Crippen LogP contribution in [0.15, 0.2) is 6.20 Å². The van der Waals surface area contributed by atoms with Crippen LogP contribution in [0.5, 0.6) is 0 Å². The molecule has 2 N–H and O–H groups in total. The maximum absolute atomic E-state index is 13.3. The molecule has 0 aromatic carbocycles. The van der Waals surface area contributed by atoms with Crippen LogP contribution in [-0.2, 0) is 11.3 Å². The molecule has 32 heavy (non-hydrogen) atoms. The lowest BCUT2D eigenvalue weighted by atomic mass is 9.44. The van der Waals surface area contributed by atoms with E-state index in [4.69, 9.17) is 5.11 Å². The molecule has 0 bridgehead atoms. The van der Waals surface area contributed by atoms with Crippen LogP contribution in [-0.4, -0.2) is 42.6 Å². The van der Waals surface area contributed by atoms with Crippen LogP contribution in [0.3, 0.4) is 0 Å². The van der Waals surface area contributed by atoms with Gasteiger partial charge in [-0.05, 0) is 99.2 Å². The summed E-state index contributed by atoms with van der Waals surface area (Å²) in [4.78, 5) is 25.6. The highest BCUT2D eigenvalue weighted by Crippen LogP contribution is 2.68. The van der Waals surface area contributed by atoms with E-state index < -0.39 is 11.6 Å². The van der Waals surface area contributed by atoms with Crippen molar-refractivity contribution in [2.75, 3.05) is 0 Å². The van der Waals surface area contributed by atoms with E-state index in [-0.39, 0.29) is 29.4 Å². The van der Waals surface area contributed by atoms with E-state index in [1.165, 1.54) is 30.3 Å². The van der Waals surface area contributed by atoms with Gasteiger partial charge in [0.15, 0.2) is 11.5 Å². The number of carbonyl (C=O) groups excluding carboxylic acids is 1. The van der Waals surface area contributed by atoms with Crippen LogP contribution in [0.25, 0.3) is 0 Å². The number of hydrogen-bond acceptors (Lipinski definition) is 5. The Bertz CT molecular complexity index is 926. The summed E-state index contributed by atoms with van der Waals surface area (Å²) in [5.74, 6) is 1.61. The summed E-state index contributed by atoms with van der Waals surface area (Å²) in [7, 11) is 0. The summed E-state index contributed by atoms with van der Waals surface area (Å²) >= 11 is 0. The molecule has 4 aliphatic rings. The average molecular weight is 444 g/mol. The zero-order valence-electron chi connectivity index (χ0n) is 19.6. The molecule has 0 amide bonds. The van der Waals surface area contributed by atoms with Gasteiger partial charge in [-0.15, -0.1) is 5.10 Å². The molecule has 4 fully saturated rings. The van der Waals surface area contributed by atoms with Gasteiger partial charge in [0, 0.05) is 5.92 Å². The van der Waals surface area contributed by atoms with Crippen molar-refractivity contribution in [2.45, 2.75) is 90.7 Å². The lowest BCUT2D eigenvalue weighted by Crippen LogP contribution is -2.55. The minimum absolute atomic E-state index is 0.00495. The van der Waals surface area contributed by atoms with Gasteiger partial charge < -0.3 is 10.2 Å². The van der Waals surface area contributed by atoms with Gasteiger partial charge in [-0.3, -0.25) is 4.79 Å². The summed E-state index contributed by atoms with van der Waals surface area (Å²) in [5, 5.41) is 27.7. The van der Waals surface area contributed by atoms with Gasteiger partial charge in [-0.1, -0.05) is 13.8 Å². The molecule has 7 nitrogen and oxygen atoms in total. The zero-order valence-corrected chi connectivity index (χ0v) is 19.6. The molecular formula is C25H37N3O4. The van der Waals surface area contributed by atoms with E-state index in [0.29, 0.717) is 29.1 Å². The fraction of sp³-hybridized carbons (Fsp3) is 0.840. The molecule has 8 atom stereocenters. The summed E-state index contributed by atoms with van der Waals surface area (Å²) in [5.41, 5.74) is -0.289. The van der Waals surface area contributed by atoms with Gasteiger partial charge in [-0.25, -0.2) is 4.79 Å². The van der Waals surface area contributed by atoms with Crippen molar-refractivity contribution < 1.29 is 19.8 Å². The van der Waals surface area contributed by atoms with Crippen molar-refractivity contribution in [3.63, 3.8) is 0 Å². The Balaban J connectivity index is 1.32. The molecule has 1 heterocycles. The lowest BCUT2D eigenvalue weighted by molar-refractivity contribution is -0.151. The van der Waals surface area contributed by atoms with Crippen molar-refractivity contribution >= 4 is 11.8 Å². The topological polar surface area (TPSA) is 105 Å². The van der Waals surface area contributed by atoms with Crippen LogP contribution in [0.4, 0.5) is 0 Å². The maximum atomic E-state index is 13.3. The fourth-order valence-corrected chi connectivity index (χ4v) is 8.68. The van der Waals surface area contributed by atoms with Crippen molar-refractivity contribution in [1.29, 1.82) is 0 Å². The monoisotopic (exact) mass is 443 g/mol. The van der Waals surface area contributed by atoms with Gasteiger partial charge in [0.05, 0.1) is 11.8 Å². The number of carboxylic acids is 1. The Morgan fingerprint density at radius 1 is 1.03 bits per heavy atom. The van der Waals surface area contributed by atoms with E-state index in [1.807, 2.05) is 6.92 Å². The molecule has 0 spiro atoms. The summed E-state index contributed by atoms with van der Waals surface area (Å²) in [6.07, 6.45) is 10.9. The SMILES string of the molecule is C[C@@]1(O)CC[C@@]2(C)[C@H](CC[C@@H]3[C@@H]2CC[C@]2(C)[C@@H](C(=O)Cn4ncc(C(=O)O)n4)CC[C@@H]32)C1. The third-order valence-corrected chi connectivity index (χ3v) is 10.4. The molecule has 1 aromatic heterocycles. The zero-order chi connectivity index (χ0) is 22.9. The van der Waals surface area contributed by atoms with Crippen LogP contribution in [0.1, 0.15) is 89.0 Å². The number of fused-ring (bicyclic) bond motifs is 5. The minimum Gasteiger partial charge on any atom is -0.476 e. The van der Waals surface area contributed by atoms with Crippen molar-refractivity contribution in [3.05, 3.63) is 11.9 Å². The van der Waals surface area contributed by atoms with Crippen molar-refractivity contribution in [3.8, 4) is 0 Å². The quantitative estimate of drug-likeness (QED) is 0.730. The largest absolute Gasteiger partial charge is 0.476 e. The second-order valence-electron chi connectivity index (χ2n) is 12.1. The second kappa shape index (κ2) is 7.37. The van der Waals surface area contributed by atoms with Gasteiger partial charge in [0.1, 0.15) is 6.54 Å². The first-order chi connectivity index (χ1) is 15.0. The fourth-order valence-electron chi connectivity index (χ4n) is 8.68. The Hall–Kier alpha value is -1.76. The predicted octanol–water partition coefficient (Wildman–Crippen LogP) is 3.96. The molecule has 0 saturated heterocycles. The summed E-state index contributed by atoms with van der Waals surface area (Å²) in [6.45, 7) is 6.90. The Morgan fingerprint density at radius 3 is 2.50 bits per heavy atom. The van der Waals surface area contributed by atoms with Gasteiger partial charge >= 0.3 is 5.97 Å². The molecule has 0 unspecified atom stereocenters. The van der Waals surface area contributed by atoms with Crippen LogP contribution in [0, 0.1) is 40.4 Å². The van der Waals surface area contributed by atoms with E-state index >= 15 is 0 Å². The number of carbonyl (C=O) groups is 2. The van der Waals surface area contributed by atoms with Crippen molar-refractivity contribution in [2.24, 2.45) is 40.4 Å². The molecular weight excluding hydrogens is 406 g/mol. The van der Waals surface area contributed by atoms with E-state index in [0.717, 1.165) is 38.5 Å². The van der Waals surface area contributed by atoms with Crippen LogP contribution >= 0.6 is 0 Å². The Labute approximate surface area is 190 Å². The highest BCUT2D eigenvalue weighted by Gasteiger charge is 2.61. The molecule has 176 valence electrons. The standard InChI is InChI=1S/C25H37N3O4/c1-23(32)10-11-24(2)15(12-23)4-5-16-17-6-7-19(25(17,3)9-8-18(16)24)21(29)14-28-26-13-20(27-28)22(30)31/h13,15-19,32H,4-12,14H2,1-3H3,(H,30,31)/t15-,16+,17+,18+,19-,23-,24+,25+/m1/s1. The van der Waals surface area contributed by atoms with Gasteiger partial charge in [0.25, 0.3) is 0 Å². The Morgan fingerprint density at radius 2 is 1.78 bits per heavy atom. The van der Waals surface area contributed by atoms with Crippen LogP contribution in [0.2, 0.25) is 0 Å². The number of aliphatic hydroxyl groups is 1. The molecule has 0 radical (unpaired) electrons. The molecule has 7 heteroatoms. The number of nitrogens with zero attached hydrogens (tertiary/aromatic N) is 3. The van der Waals surface area contributed by atoms with E-state index in [2.05, 4.69) is 24.0 Å². The molecule has 0 aliphatic heterocycles. The first-order valence-electron chi connectivity index (χ1n) is 12.4. The molecule has 5 rings (SSSR count). The summed E-state index contributed by atoms with van der Waals surface area (Å²) < 4.78 is 0. The third kappa shape index (κ3) is 3.34. The van der Waals surface area contributed by atoms with E-state index in [9.17, 15) is 14.7 Å². The normalized spacial score (nSPS) is 45.6. The molecule has 1 aromatic rings. The maximum Gasteiger partial charge on any atom is 0.358 e. The number of carboxylic acid groups (broad SMARTS) is 1. The first-order valence-corrected chi connectivity index (χ1v) is 12.4. The second-order valence-corrected chi connectivity index (χ2v) is 12.1. The predicted molar refractivity (Wildman–Crippen MR) is 118 cm³/mol. The van der Waals surface area contributed by atoms with E-state index in [1.54, 1.807) is 0 Å².